The Morgan fingerprint density at radius 1 is 1.34 bits per heavy atom. The number of carbonyl (C=O) groups excluding carboxylic acids is 3. The molecule has 0 bridgehead atoms. The lowest BCUT2D eigenvalue weighted by Crippen LogP contribution is -2.60. The van der Waals surface area contributed by atoms with Gasteiger partial charge in [0, 0.05) is 23.3 Å². The summed E-state index contributed by atoms with van der Waals surface area (Å²) in [4.78, 5) is 46.7. The number of thioether (sulfide) groups is 1. The Morgan fingerprint density at radius 3 is 2.66 bits per heavy atom. The SMILES string of the molecule is CC(C)C1C(=O)N2C(C(=O)OCOC(=O)C(C)(C)C)=C(SCc3c[nH]cn3)CC12. The second-order valence-electron chi connectivity index (χ2n) is 8.60. The third-order valence-corrected chi connectivity index (χ3v) is 6.17. The van der Waals surface area contributed by atoms with Gasteiger partial charge in [-0.2, -0.15) is 0 Å². The molecule has 1 N–H and O–H groups in total. The van der Waals surface area contributed by atoms with Crippen molar-refractivity contribution in [2.24, 2.45) is 17.3 Å². The van der Waals surface area contributed by atoms with Gasteiger partial charge in [0.2, 0.25) is 12.7 Å². The van der Waals surface area contributed by atoms with Crippen LogP contribution in [-0.2, 0) is 29.6 Å². The fourth-order valence-corrected chi connectivity index (χ4v) is 4.59. The van der Waals surface area contributed by atoms with Crippen molar-refractivity contribution in [2.75, 3.05) is 6.79 Å². The molecule has 158 valence electrons. The van der Waals surface area contributed by atoms with Crippen molar-refractivity contribution in [3.8, 4) is 0 Å². The molecule has 8 nitrogen and oxygen atoms in total. The standard InChI is InChI=1S/C20H27N3O5S/c1-11(2)15-13-6-14(29-8-12-7-21-9-22-12)16(23(13)17(15)24)18(25)27-10-28-19(26)20(3,4)5/h7,9,11,13,15H,6,8,10H2,1-5H3,(H,21,22). The van der Waals surface area contributed by atoms with E-state index in [1.165, 1.54) is 11.8 Å². The van der Waals surface area contributed by atoms with Gasteiger partial charge in [0.15, 0.2) is 0 Å². The molecule has 1 amide bonds. The highest BCUT2D eigenvalue weighted by Crippen LogP contribution is 2.48. The van der Waals surface area contributed by atoms with Gasteiger partial charge in [0.25, 0.3) is 0 Å². The summed E-state index contributed by atoms with van der Waals surface area (Å²) in [5.74, 6) is -0.482. The van der Waals surface area contributed by atoms with E-state index in [1.54, 1.807) is 38.2 Å². The summed E-state index contributed by atoms with van der Waals surface area (Å²) in [6.45, 7) is 8.70. The Bertz CT molecular complexity index is 826. The van der Waals surface area contributed by atoms with Crippen molar-refractivity contribution in [3.05, 3.63) is 28.8 Å². The number of hydrogen-bond donors (Lipinski definition) is 1. The molecule has 1 saturated heterocycles. The van der Waals surface area contributed by atoms with Crippen molar-refractivity contribution >= 4 is 29.6 Å². The summed E-state index contributed by atoms with van der Waals surface area (Å²) in [6, 6.07) is -0.0242. The molecular weight excluding hydrogens is 394 g/mol. The molecule has 2 aliphatic heterocycles. The van der Waals surface area contributed by atoms with Gasteiger partial charge < -0.3 is 19.4 Å². The van der Waals surface area contributed by atoms with Gasteiger partial charge in [0.05, 0.1) is 29.4 Å². The molecule has 2 unspecified atom stereocenters. The Morgan fingerprint density at radius 2 is 2.07 bits per heavy atom. The van der Waals surface area contributed by atoms with Crippen LogP contribution in [0.5, 0.6) is 0 Å². The summed E-state index contributed by atoms with van der Waals surface area (Å²) in [5.41, 5.74) is 0.437. The van der Waals surface area contributed by atoms with Gasteiger partial charge >= 0.3 is 11.9 Å². The largest absolute Gasteiger partial charge is 0.427 e. The molecule has 9 heteroatoms. The lowest BCUT2D eigenvalue weighted by molar-refractivity contribution is -0.174. The van der Waals surface area contributed by atoms with Crippen LogP contribution in [0, 0.1) is 17.3 Å². The Labute approximate surface area is 174 Å². The van der Waals surface area contributed by atoms with Crippen LogP contribution < -0.4 is 0 Å². The molecule has 1 fully saturated rings. The number of H-pyrrole nitrogens is 1. The maximum absolute atomic E-state index is 12.8. The molecule has 0 spiro atoms. The van der Waals surface area contributed by atoms with E-state index in [2.05, 4.69) is 9.97 Å². The molecule has 0 radical (unpaired) electrons. The van der Waals surface area contributed by atoms with E-state index in [4.69, 9.17) is 9.47 Å². The minimum Gasteiger partial charge on any atom is -0.427 e. The highest BCUT2D eigenvalue weighted by molar-refractivity contribution is 8.02. The molecule has 2 aliphatic rings. The van der Waals surface area contributed by atoms with E-state index in [1.807, 2.05) is 13.8 Å². The first kappa shape index (κ1) is 21.4. The van der Waals surface area contributed by atoms with Crippen molar-refractivity contribution in [1.29, 1.82) is 0 Å². The number of imidazole rings is 1. The number of ether oxygens (including phenoxy) is 2. The molecule has 29 heavy (non-hydrogen) atoms. The third kappa shape index (κ3) is 4.34. The summed E-state index contributed by atoms with van der Waals surface area (Å²) in [7, 11) is 0. The average molecular weight is 422 g/mol. The predicted octanol–water partition coefficient (Wildman–Crippen LogP) is 2.83. The summed E-state index contributed by atoms with van der Waals surface area (Å²) < 4.78 is 10.2. The number of aromatic amines is 1. The first-order valence-electron chi connectivity index (χ1n) is 9.62. The van der Waals surface area contributed by atoms with E-state index >= 15 is 0 Å². The fraction of sp³-hybridized carbons (Fsp3) is 0.600. The quantitative estimate of drug-likeness (QED) is 0.410. The zero-order valence-electron chi connectivity index (χ0n) is 17.4. The molecule has 3 rings (SSSR count). The molecule has 0 saturated carbocycles. The number of nitrogens with zero attached hydrogens (tertiary/aromatic N) is 2. The smallest absolute Gasteiger partial charge is 0.358 e. The topological polar surface area (TPSA) is 102 Å². The number of amides is 1. The molecule has 1 aromatic rings. The number of fused-ring (bicyclic) bond motifs is 1. The molecule has 0 aromatic carbocycles. The zero-order chi connectivity index (χ0) is 21.3. The number of nitrogens with one attached hydrogen (secondary N) is 1. The Hall–Kier alpha value is -2.29. The molecule has 3 heterocycles. The lowest BCUT2D eigenvalue weighted by atomic mass is 9.79. The number of carbonyl (C=O) groups is 3. The molecule has 2 atom stereocenters. The maximum Gasteiger partial charge on any atom is 0.358 e. The van der Waals surface area contributed by atoms with Gasteiger partial charge in [-0.05, 0) is 26.7 Å². The van der Waals surface area contributed by atoms with E-state index < -0.39 is 24.1 Å². The van der Waals surface area contributed by atoms with Gasteiger partial charge in [-0.1, -0.05) is 13.8 Å². The summed E-state index contributed by atoms with van der Waals surface area (Å²) in [6.07, 6.45) is 4.02. The van der Waals surface area contributed by atoms with E-state index in [0.29, 0.717) is 12.2 Å². The third-order valence-electron chi connectivity index (χ3n) is 5.02. The van der Waals surface area contributed by atoms with E-state index in [0.717, 1.165) is 10.6 Å². The number of rotatable bonds is 7. The minimum atomic E-state index is -0.688. The Kier molecular flexibility index (Phi) is 6.07. The molecule has 1 aromatic heterocycles. The zero-order valence-corrected chi connectivity index (χ0v) is 18.2. The van der Waals surface area contributed by atoms with Crippen LogP contribution in [0.3, 0.4) is 0 Å². The predicted molar refractivity (Wildman–Crippen MR) is 107 cm³/mol. The van der Waals surface area contributed by atoms with Crippen LogP contribution in [0.2, 0.25) is 0 Å². The number of esters is 2. The van der Waals surface area contributed by atoms with Crippen LogP contribution in [-0.4, -0.2) is 45.5 Å². The van der Waals surface area contributed by atoms with Gasteiger partial charge in [0.1, 0.15) is 5.70 Å². The Balaban J connectivity index is 1.71. The van der Waals surface area contributed by atoms with Gasteiger partial charge in [-0.25, -0.2) is 9.78 Å². The van der Waals surface area contributed by atoms with Gasteiger partial charge in [-0.15, -0.1) is 11.8 Å². The van der Waals surface area contributed by atoms with Gasteiger partial charge in [-0.3, -0.25) is 9.59 Å². The van der Waals surface area contributed by atoms with Crippen molar-refractivity contribution in [1.82, 2.24) is 14.9 Å². The molecule has 0 aliphatic carbocycles. The van der Waals surface area contributed by atoms with Crippen LogP contribution in [0.1, 0.15) is 46.7 Å². The highest BCUT2D eigenvalue weighted by atomic mass is 32.2. The van der Waals surface area contributed by atoms with E-state index in [9.17, 15) is 14.4 Å². The first-order valence-corrected chi connectivity index (χ1v) is 10.6. The highest BCUT2D eigenvalue weighted by Gasteiger charge is 2.56. The maximum atomic E-state index is 12.8. The minimum absolute atomic E-state index is 0.0242. The van der Waals surface area contributed by atoms with Crippen LogP contribution in [0.25, 0.3) is 0 Å². The lowest BCUT2D eigenvalue weighted by Gasteiger charge is -2.45. The van der Waals surface area contributed by atoms with Crippen LogP contribution >= 0.6 is 11.8 Å². The monoisotopic (exact) mass is 421 g/mol. The van der Waals surface area contributed by atoms with Crippen LogP contribution in [0.15, 0.2) is 23.1 Å². The first-order chi connectivity index (χ1) is 13.6. The fourth-order valence-electron chi connectivity index (χ4n) is 3.50. The normalized spacial score (nSPS) is 21.3. The summed E-state index contributed by atoms with van der Waals surface area (Å²) in [5, 5.41) is 0. The summed E-state index contributed by atoms with van der Waals surface area (Å²) >= 11 is 1.48. The van der Waals surface area contributed by atoms with Crippen molar-refractivity contribution in [3.63, 3.8) is 0 Å². The van der Waals surface area contributed by atoms with Crippen molar-refractivity contribution < 1.29 is 23.9 Å². The average Bonchev–Trinajstić information content (AvgIpc) is 3.24. The van der Waals surface area contributed by atoms with E-state index in [-0.39, 0.29) is 29.5 Å². The van der Waals surface area contributed by atoms with Crippen LogP contribution in [0.4, 0.5) is 0 Å². The number of hydrogen-bond acceptors (Lipinski definition) is 7. The second-order valence-corrected chi connectivity index (χ2v) is 9.67. The number of β-lactam (4-membered cyclic amide) rings is 1. The number of aromatic nitrogens is 2. The molecular formula is C20H27N3O5S. The van der Waals surface area contributed by atoms with Crippen molar-refractivity contribution in [2.45, 2.75) is 52.8 Å². The second kappa shape index (κ2) is 8.22.